The minimum atomic E-state index is -0.0553. The Balaban J connectivity index is 1.59. The van der Waals surface area contributed by atoms with E-state index in [1.54, 1.807) is 29.2 Å². The second-order valence-electron chi connectivity index (χ2n) is 5.84. The van der Waals surface area contributed by atoms with Gasteiger partial charge in [-0.1, -0.05) is 25.4 Å². The van der Waals surface area contributed by atoms with E-state index in [1.165, 1.54) is 0 Å². The van der Waals surface area contributed by atoms with Gasteiger partial charge in [0, 0.05) is 24.0 Å². The lowest BCUT2D eigenvalue weighted by Gasteiger charge is -2.28. The lowest BCUT2D eigenvalue weighted by Crippen LogP contribution is -2.41. The number of hydrogen-bond donors (Lipinski definition) is 0. The van der Waals surface area contributed by atoms with Crippen molar-refractivity contribution in [3.8, 4) is 5.75 Å². The molecule has 1 aromatic heterocycles. The van der Waals surface area contributed by atoms with Crippen molar-refractivity contribution in [2.75, 3.05) is 13.2 Å². The summed E-state index contributed by atoms with van der Waals surface area (Å²) in [5, 5.41) is 9.07. The fraction of sp³-hybridized carbons (Fsp3) is 0.438. The van der Waals surface area contributed by atoms with Crippen LogP contribution in [0.5, 0.6) is 5.75 Å². The monoisotopic (exact) mass is 334 g/mol. The second-order valence-corrected chi connectivity index (χ2v) is 6.28. The molecule has 1 aliphatic heterocycles. The minimum absolute atomic E-state index is 0.00675. The standard InChI is InChI=1S/C16H19ClN4O2/c1-11(2)16-19-18-14-9-20(7-8-21(14)16)15(22)10-23-13-5-3-12(17)4-6-13/h3-6,11H,7-10H2,1-2H3. The normalized spacial score (nSPS) is 14.0. The Morgan fingerprint density at radius 3 is 2.70 bits per heavy atom. The smallest absolute Gasteiger partial charge is 0.260 e. The Bertz CT molecular complexity index is 697. The van der Waals surface area contributed by atoms with Crippen molar-refractivity contribution in [2.24, 2.45) is 0 Å². The van der Waals surface area contributed by atoms with Gasteiger partial charge in [0.1, 0.15) is 11.6 Å². The van der Waals surface area contributed by atoms with Crippen molar-refractivity contribution in [2.45, 2.75) is 32.9 Å². The molecular weight excluding hydrogens is 316 g/mol. The van der Waals surface area contributed by atoms with Gasteiger partial charge in [0.25, 0.3) is 5.91 Å². The molecule has 0 N–H and O–H groups in total. The molecule has 1 aromatic carbocycles. The molecule has 0 radical (unpaired) electrons. The molecule has 0 saturated heterocycles. The Hall–Kier alpha value is -2.08. The highest BCUT2D eigenvalue weighted by molar-refractivity contribution is 6.30. The van der Waals surface area contributed by atoms with E-state index < -0.39 is 0 Å². The number of ether oxygens (including phenoxy) is 1. The molecule has 3 rings (SSSR count). The lowest BCUT2D eigenvalue weighted by molar-refractivity contribution is -0.134. The first-order chi connectivity index (χ1) is 11.0. The Labute approximate surface area is 140 Å². The van der Waals surface area contributed by atoms with E-state index in [2.05, 4.69) is 28.6 Å². The molecule has 1 aliphatic rings. The van der Waals surface area contributed by atoms with Gasteiger partial charge < -0.3 is 14.2 Å². The van der Waals surface area contributed by atoms with E-state index in [4.69, 9.17) is 16.3 Å². The number of rotatable bonds is 4. The summed E-state index contributed by atoms with van der Waals surface area (Å²) in [7, 11) is 0. The molecule has 2 heterocycles. The van der Waals surface area contributed by atoms with Gasteiger partial charge in [-0.25, -0.2) is 0 Å². The zero-order chi connectivity index (χ0) is 16.4. The van der Waals surface area contributed by atoms with Gasteiger partial charge in [-0.2, -0.15) is 0 Å². The maximum atomic E-state index is 12.3. The SMILES string of the molecule is CC(C)c1nnc2n1CCN(C(=O)COc1ccc(Cl)cc1)C2. The highest BCUT2D eigenvalue weighted by atomic mass is 35.5. The van der Waals surface area contributed by atoms with Crippen molar-refractivity contribution >= 4 is 17.5 Å². The number of halogens is 1. The van der Waals surface area contributed by atoms with E-state index >= 15 is 0 Å². The van der Waals surface area contributed by atoms with Crippen LogP contribution < -0.4 is 4.74 Å². The van der Waals surface area contributed by atoms with Crippen LogP contribution in [0.3, 0.4) is 0 Å². The maximum Gasteiger partial charge on any atom is 0.260 e. The summed E-state index contributed by atoms with van der Waals surface area (Å²) in [6, 6.07) is 6.96. The van der Waals surface area contributed by atoms with E-state index in [9.17, 15) is 4.79 Å². The van der Waals surface area contributed by atoms with Crippen LogP contribution in [-0.2, 0) is 17.9 Å². The third-order valence-corrected chi connectivity index (χ3v) is 4.08. The Morgan fingerprint density at radius 2 is 2.00 bits per heavy atom. The zero-order valence-corrected chi connectivity index (χ0v) is 14.0. The molecule has 0 fully saturated rings. The molecule has 0 saturated carbocycles. The Morgan fingerprint density at radius 1 is 1.26 bits per heavy atom. The van der Waals surface area contributed by atoms with Crippen LogP contribution in [0.1, 0.15) is 31.4 Å². The second kappa shape index (κ2) is 6.58. The topological polar surface area (TPSA) is 60.2 Å². The molecule has 122 valence electrons. The lowest BCUT2D eigenvalue weighted by atomic mass is 10.2. The van der Waals surface area contributed by atoms with Gasteiger partial charge in [0.2, 0.25) is 0 Å². The van der Waals surface area contributed by atoms with E-state index in [0.29, 0.717) is 29.8 Å². The van der Waals surface area contributed by atoms with E-state index in [1.807, 2.05) is 0 Å². The average Bonchev–Trinajstić information content (AvgIpc) is 2.97. The summed E-state index contributed by atoms with van der Waals surface area (Å²) in [6.45, 7) is 6.04. The number of nitrogens with zero attached hydrogens (tertiary/aromatic N) is 4. The van der Waals surface area contributed by atoms with Gasteiger partial charge in [-0.15, -0.1) is 10.2 Å². The van der Waals surface area contributed by atoms with Crippen LogP contribution in [0.15, 0.2) is 24.3 Å². The van der Waals surface area contributed by atoms with Crippen LogP contribution in [0, 0.1) is 0 Å². The largest absolute Gasteiger partial charge is 0.484 e. The van der Waals surface area contributed by atoms with E-state index in [0.717, 1.165) is 18.2 Å². The molecule has 6 nitrogen and oxygen atoms in total. The average molecular weight is 335 g/mol. The van der Waals surface area contributed by atoms with Gasteiger partial charge >= 0.3 is 0 Å². The van der Waals surface area contributed by atoms with Crippen molar-refractivity contribution in [3.63, 3.8) is 0 Å². The van der Waals surface area contributed by atoms with Gasteiger partial charge in [-0.05, 0) is 24.3 Å². The summed E-state index contributed by atoms with van der Waals surface area (Å²) in [5.41, 5.74) is 0. The van der Waals surface area contributed by atoms with Gasteiger partial charge in [0.05, 0.1) is 6.54 Å². The first-order valence-corrected chi connectivity index (χ1v) is 8.00. The predicted molar refractivity (Wildman–Crippen MR) is 86.5 cm³/mol. The first-order valence-electron chi connectivity index (χ1n) is 7.62. The molecule has 0 unspecified atom stereocenters. The number of aromatic nitrogens is 3. The molecule has 23 heavy (non-hydrogen) atoms. The van der Waals surface area contributed by atoms with Crippen LogP contribution in [0.25, 0.3) is 0 Å². The molecule has 0 atom stereocenters. The van der Waals surface area contributed by atoms with Gasteiger partial charge in [-0.3, -0.25) is 4.79 Å². The zero-order valence-electron chi connectivity index (χ0n) is 13.2. The van der Waals surface area contributed by atoms with Crippen molar-refractivity contribution in [1.29, 1.82) is 0 Å². The van der Waals surface area contributed by atoms with Crippen LogP contribution in [0.4, 0.5) is 0 Å². The number of carbonyl (C=O) groups is 1. The van der Waals surface area contributed by atoms with Crippen LogP contribution in [0.2, 0.25) is 5.02 Å². The quantitative estimate of drug-likeness (QED) is 0.861. The highest BCUT2D eigenvalue weighted by Gasteiger charge is 2.25. The highest BCUT2D eigenvalue weighted by Crippen LogP contribution is 2.19. The molecule has 7 heteroatoms. The van der Waals surface area contributed by atoms with Gasteiger partial charge in [0.15, 0.2) is 12.4 Å². The maximum absolute atomic E-state index is 12.3. The molecule has 0 aliphatic carbocycles. The summed E-state index contributed by atoms with van der Waals surface area (Å²) in [5.74, 6) is 2.71. The predicted octanol–water partition coefficient (Wildman–Crippen LogP) is 2.48. The fourth-order valence-corrected chi connectivity index (χ4v) is 2.71. The molecule has 0 spiro atoms. The number of fused-ring (bicyclic) bond motifs is 1. The first kappa shape index (κ1) is 15.8. The van der Waals surface area contributed by atoms with Crippen LogP contribution in [-0.4, -0.2) is 38.7 Å². The third kappa shape index (κ3) is 3.47. The summed E-state index contributed by atoms with van der Waals surface area (Å²) in [4.78, 5) is 14.1. The third-order valence-electron chi connectivity index (χ3n) is 3.83. The molecular formula is C16H19ClN4O2. The summed E-state index contributed by atoms with van der Waals surface area (Å²) < 4.78 is 7.62. The number of carbonyl (C=O) groups excluding carboxylic acids is 1. The molecule has 2 aromatic rings. The van der Waals surface area contributed by atoms with Crippen molar-refractivity contribution in [1.82, 2.24) is 19.7 Å². The number of benzene rings is 1. The number of amides is 1. The van der Waals surface area contributed by atoms with E-state index in [-0.39, 0.29) is 12.5 Å². The van der Waals surface area contributed by atoms with Crippen molar-refractivity contribution in [3.05, 3.63) is 40.9 Å². The summed E-state index contributed by atoms with van der Waals surface area (Å²) in [6.07, 6.45) is 0. The summed E-state index contributed by atoms with van der Waals surface area (Å²) >= 11 is 5.82. The number of hydrogen-bond acceptors (Lipinski definition) is 4. The van der Waals surface area contributed by atoms with Crippen LogP contribution >= 0.6 is 11.6 Å². The fourth-order valence-electron chi connectivity index (χ4n) is 2.59. The Kier molecular flexibility index (Phi) is 4.52. The molecule has 1 amide bonds. The minimum Gasteiger partial charge on any atom is -0.484 e. The molecule has 0 bridgehead atoms. The van der Waals surface area contributed by atoms with Crippen molar-refractivity contribution < 1.29 is 9.53 Å².